The molecule has 1 aromatic heterocycles. The average molecular weight is 478 g/mol. The van der Waals surface area contributed by atoms with Crippen LogP contribution in [0.3, 0.4) is 0 Å². The van der Waals surface area contributed by atoms with Crippen molar-refractivity contribution < 1.29 is 23.5 Å². The van der Waals surface area contributed by atoms with Crippen molar-refractivity contribution >= 4 is 39.5 Å². The fourth-order valence-electron chi connectivity index (χ4n) is 2.96. The molecular weight excluding hydrogens is 454 g/mol. The van der Waals surface area contributed by atoms with Gasteiger partial charge in [0, 0.05) is 37.4 Å². The number of anilines is 1. The first kappa shape index (κ1) is 21.9. The van der Waals surface area contributed by atoms with Crippen molar-refractivity contribution in [3.8, 4) is 0 Å². The summed E-state index contributed by atoms with van der Waals surface area (Å²) in [4.78, 5) is 40.6. The highest BCUT2D eigenvalue weighted by molar-refractivity contribution is 9.10. The van der Waals surface area contributed by atoms with Gasteiger partial charge in [-0.15, -0.1) is 0 Å². The number of rotatable bonds is 3. The third-order valence-corrected chi connectivity index (χ3v) is 4.81. The molecule has 0 saturated carbocycles. The second-order valence-electron chi connectivity index (χ2n) is 7.90. The Hall–Kier alpha value is -2.81. The molecule has 0 unspecified atom stereocenters. The van der Waals surface area contributed by atoms with Crippen LogP contribution in [-0.4, -0.2) is 59.5 Å². The molecule has 0 bridgehead atoms. The number of amides is 3. The van der Waals surface area contributed by atoms with Gasteiger partial charge in [-0.2, -0.15) is 0 Å². The predicted molar refractivity (Wildman–Crippen MR) is 115 cm³/mol. The van der Waals surface area contributed by atoms with Gasteiger partial charge in [-0.25, -0.2) is 4.79 Å². The van der Waals surface area contributed by atoms with Crippen LogP contribution in [0.1, 0.15) is 41.7 Å². The standard InChI is InChI=1S/C21H24BrN3O5/c1-21(2,3)30-20(28)25-11-9-24(10-12-25)19(27)14-5-4-6-15(13-14)23-18(26)16-7-8-17(22)29-16/h4-8,13H,9-12H2,1-3H3,(H,23,26). The maximum atomic E-state index is 12.9. The summed E-state index contributed by atoms with van der Waals surface area (Å²) in [5.74, 6) is -0.399. The molecule has 160 valence electrons. The van der Waals surface area contributed by atoms with Crippen molar-refractivity contribution in [3.63, 3.8) is 0 Å². The Labute approximate surface area is 183 Å². The van der Waals surface area contributed by atoms with E-state index in [0.29, 0.717) is 42.1 Å². The van der Waals surface area contributed by atoms with Gasteiger partial charge in [-0.1, -0.05) is 6.07 Å². The lowest BCUT2D eigenvalue weighted by Crippen LogP contribution is -2.51. The first-order valence-corrected chi connectivity index (χ1v) is 10.4. The number of carbonyl (C=O) groups is 3. The van der Waals surface area contributed by atoms with E-state index in [1.54, 1.807) is 46.2 Å². The second kappa shape index (κ2) is 8.91. The Balaban J connectivity index is 1.59. The molecule has 1 aromatic carbocycles. The van der Waals surface area contributed by atoms with E-state index in [4.69, 9.17) is 9.15 Å². The molecule has 30 heavy (non-hydrogen) atoms. The summed E-state index contributed by atoms with van der Waals surface area (Å²) in [7, 11) is 0. The van der Waals surface area contributed by atoms with Crippen LogP contribution in [0.2, 0.25) is 0 Å². The highest BCUT2D eigenvalue weighted by atomic mass is 79.9. The van der Waals surface area contributed by atoms with Crippen molar-refractivity contribution in [1.82, 2.24) is 9.80 Å². The summed E-state index contributed by atoms with van der Waals surface area (Å²) in [5.41, 5.74) is 0.394. The molecule has 0 spiro atoms. The van der Waals surface area contributed by atoms with Gasteiger partial charge in [-0.3, -0.25) is 9.59 Å². The number of hydrogen-bond donors (Lipinski definition) is 1. The van der Waals surface area contributed by atoms with Gasteiger partial charge in [0.2, 0.25) is 0 Å². The van der Waals surface area contributed by atoms with E-state index in [1.807, 2.05) is 20.8 Å². The summed E-state index contributed by atoms with van der Waals surface area (Å²) < 4.78 is 11.1. The van der Waals surface area contributed by atoms with Crippen LogP contribution in [0.4, 0.5) is 10.5 Å². The molecule has 2 heterocycles. The zero-order valence-electron chi connectivity index (χ0n) is 17.1. The van der Waals surface area contributed by atoms with E-state index in [-0.39, 0.29) is 17.8 Å². The maximum Gasteiger partial charge on any atom is 0.410 e. The van der Waals surface area contributed by atoms with Crippen LogP contribution in [0.25, 0.3) is 0 Å². The third kappa shape index (κ3) is 5.63. The fourth-order valence-corrected chi connectivity index (χ4v) is 3.27. The maximum absolute atomic E-state index is 12.9. The van der Waals surface area contributed by atoms with Crippen LogP contribution in [0.5, 0.6) is 0 Å². The van der Waals surface area contributed by atoms with Gasteiger partial charge >= 0.3 is 6.09 Å². The lowest BCUT2D eigenvalue weighted by molar-refractivity contribution is 0.0141. The Kier molecular flexibility index (Phi) is 6.50. The predicted octanol–water partition coefficient (Wildman–Crippen LogP) is 3.99. The van der Waals surface area contributed by atoms with E-state index in [9.17, 15) is 14.4 Å². The quantitative estimate of drug-likeness (QED) is 0.721. The molecule has 0 radical (unpaired) electrons. The number of hydrogen-bond acceptors (Lipinski definition) is 5. The molecule has 9 heteroatoms. The topological polar surface area (TPSA) is 92.1 Å². The van der Waals surface area contributed by atoms with E-state index < -0.39 is 11.5 Å². The zero-order valence-corrected chi connectivity index (χ0v) is 18.7. The summed E-state index contributed by atoms with van der Waals surface area (Å²) in [6, 6.07) is 9.91. The number of ether oxygens (including phenoxy) is 1. The number of nitrogens with zero attached hydrogens (tertiary/aromatic N) is 2. The zero-order chi connectivity index (χ0) is 21.9. The van der Waals surface area contributed by atoms with E-state index in [0.717, 1.165) is 0 Å². The number of piperazine rings is 1. The smallest absolute Gasteiger partial charge is 0.410 e. The minimum Gasteiger partial charge on any atom is -0.444 e. The third-order valence-electron chi connectivity index (χ3n) is 4.38. The minimum absolute atomic E-state index is 0.157. The number of nitrogens with one attached hydrogen (secondary N) is 1. The van der Waals surface area contributed by atoms with Crippen molar-refractivity contribution in [2.45, 2.75) is 26.4 Å². The normalized spacial score (nSPS) is 14.4. The first-order chi connectivity index (χ1) is 14.1. The van der Waals surface area contributed by atoms with Gasteiger partial charge in [0.05, 0.1) is 0 Å². The van der Waals surface area contributed by atoms with Gasteiger partial charge in [0.25, 0.3) is 11.8 Å². The summed E-state index contributed by atoms with van der Waals surface area (Å²) >= 11 is 3.16. The SMILES string of the molecule is CC(C)(C)OC(=O)N1CCN(C(=O)c2cccc(NC(=O)c3ccc(Br)o3)c2)CC1. The lowest BCUT2D eigenvalue weighted by Gasteiger charge is -2.35. The molecule has 1 fully saturated rings. The number of benzene rings is 1. The van der Waals surface area contributed by atoms with Crippen LogP contribution in [-0.2, 0) is 4.74 Å². The van der Waals surface area contributed by atoms with Gasteiger partial charge < -0.3 is 24.3 Å². The fraction of sp³-hybridized carbons (Fsp3) is 0.381. The van der Waals surface area contributed by atoms with Crippen LogP contribution >= 0.6 is 15.9 Å². The Morgan fingerprint density at radius 3 is 2.30 bits per heavy atom. The van der Waals surface area contributed by atoms with Gasteiger partial charge in [0.1, 0.15) is 5.60 Å². The monoisotopic (exact) mass is 477 g/mol. The van der Waals surface area contributed by atoms with E-state index in [1.165, 1.54) is 0 Å². The number of furan rings is 1. The molecular formula is C21H24BrN3O5. The second-order valence-corrected chi connectivity index (χ2v) is 8.68. The number of carbonyl (C=O) groups excluding carboxylic acids is 3. The molecule has 8 nitrogen and oxygen atoms in total. The molecule has 1 aliphatic heterocycles. The van der Waals surface area contributed by atoms with Gasteiger partial charge in [-0.05, 0) is 67.0 Å². The molecule has 1 saturated heterocycles. The van der Waals surface area contributed by atoms with Crippen molar-refractivity contribution in [3.05, 3.63) is 52.4 Å². The highest BCUT2D eigenvalue weighted by Crippen LogP contribution is 2.18. The molecule has 3 rings (SSSR count). The highest BCUT2D eigenvalue weighted by Gasteiger charge is 2.28. The van der Waals surface area contributed by atoms with Crippen molar-refractivity contribution in [1.29, 1.82) is 0 Å². The van der Waals surface area contributed by atoms with Crippen molar-refractivity contribution in [2.75, 3.05) is 31.5 Å². The molecule has 3 amide bonds. The van der Waals surface area contributed by atoms with Crippen molar-refractivity contribution in [2.24, 2.45) is 0 Å². The Morgan fingerprint density at radius 2 is 1.70 bits per heavy atom. The Morgan fingerprint density at radius 1 is 1.03 bits per heavy atom. The van der Waals surface area contributed by atoms with Crippen LogP contribution < -0.4 is 5.32 Å². The van der Waals surface area contributed by atoms with Crippen LogP contribution in [0, 0.1) is 0 Å². The summed E-state index contributed by atoms with van der Waals surface area (Å²) in [6.45, 7) is 7.10. The number of halogens is 1. The largest absolute Gasteiger partial charge is 0.444 e. The molecule has 0 atom stereocenters. The molecule has 1 N–H and O–H groups in total. The lowest BCUT2D eigenvalue weighted by atomic mass is 10.1. The molecule has 2 aromatic rings. The molecule has 1 aliphatic rings. The molecule has 0 aliphatic carbocycles. The van der Waals surface area contributed by atoms with Crippen LogP contribution in [0.15, 0.2) is 45.5 Å². The van der Waals surface area contributed by atoms with E-state index >= 15 is 0 Å². The van der Waals surface area contributed by atoms with E-state index in [2.05, 4.69) is 21.2 Å². The summed E-state index contributed by atoms with van der Waals surface area (Å²) in [5, 5.41) is 2.72. The summed E-state index contributed by atoms with van der Waals surface area (Å²) in [6.07, 6.45) is -0.371. The Bertz CT molecular complexity index is 942. The minimum atomic E-state index is -0.555. The first-order valence-electron chi connectivity index (χ1n) is 9.56. The van der Waals surface area contributed by atoms with Gasteiger partial charge in [0.15, 0.2) is 10.4 Å². The average Bonchev–Trinajstić information content (AvgIpc) is 3.13.